The molecule has 0 spiro atoms. The van der Waals surface area contributed by atoms with E-state index in [4.69, 9.17) is 0 Å². The standard InChI is InChI=1S/C24H35N5O2S/c1-15(2)21(26-23(31)18-11-8-9-16(3)13-18)22-27-28-24(29(22)5)32-14-20(30)25-19-12-7-6-10-17(19)4/h8-9,11,13,15,17,19,21H,6-7,10,12,14H2,1-5H3,(H,25,30)(H,26,31)/t17-,19-,21+/m1/s1. The molecule has 1 aromatic heterocycles. The first-order chi connectivity index (χ1) is 15.3. The maximum absolute atomic E-state index is 12.8. The van der Waals surface area contributed by atoms with Crippen LogP contribution in [0.3, 0.4) is 0 Å². The first kappa shape index (κ1) is 24.3. The summed E-state index contributed by atoms with van der Waals surface area (Å²) in [5.41, 5.74) is 1.66. The first-order valence-electron chi connectivity index (χ1n) is 11.4. The molecule has 1 aliphatic carbocycles. The van der Waals surface area contributed by atoms with Crippen molar-refractivity contribution in [3.05, 3.63) is 41.2 Å². The molecular weight excluding hydrogens is 422 g/mol. The number of rotatable bonds is 8. The first-order valence-corrected chi connectivity index (χ1v) is 12.4. The molecule has 1 aromatic carbocycles. The van der Waals surface area contributed by atoms with Crippen molar-refractivity contribution >= 4 is 23.6 Å². The van der Waals surface area contributed by atoms with E-state index in [2.05, 4.69) is 27.8 Å². The predicted molar refractivity (Wildman–Crippen MR) is 128 cm³/mol. The van der Waals surface area contributed by atoms with Gasteiger partial charge in [-0.1, -0.05) is 63.1 Å². The van der Waals surface area contributed by atoms with Crippen molar-refractivity contribution in [2.75, 3.05) is 5.75 Å². The molecule has 1 aliphatic rings. The van der Waals surface area contributed by atoms with Gasteiger partial charge in [-0.25, -0.2) is 0 Å². The zero-order chi connectivity index (χ0) is 23.3. The molecule has 3 rings (SSSR count). The van der Waals surface area contributed by atoms with Gasteiger partial charge in [-0.2, -0.15) is 0 Å². The van der Waals surface area contributed by atoms with Crippen LogP contribution < -0.4 is 10.6 Å². The van der Waals surface area contributed by atoms with Crippen molar-refractivity contribution in [2.24, 2.45) is 18.9 Å². The van der Waals surface area contributed by atoms with E-state index < -0.39 is 0 Å². The fourth-order valence-electron chi connectivity index (χ4n) is 4.17. The van der Waals surface area contributed by atoms with Crippen molar-refractivity contribution < 1.29 is 9.59 Å². The minimum Gasteiger partial charge on any atom is -0.352 e. The van der Waals surface area contributed by atoms with Crippen LogP contribution in [-0.4, -0.2) is 38.4 Å². The molecule has 8 heteroatoms. The normalized spacial score (nSPS) is 19.6. The van der Waals surface area contributed by atoms with E-state index in [-0.39, 0.29) is 29.8 Å². The molecule has 0 radical (unpaired) electrons. The van der Waals surface area contributed by atoms with Gasteiger partial charge < -0.3 is 15.2 Å². The Balaban J connectivity index is 1.63. The highest BCUT2D eigenvalue weighted by molar-refractivity contribution is 7.99. The molecule has 2 N–H and O–H groups in total. The second-order valence-corrected chi connectivity index (χ2v) is 10.1. The van der Waals surface area contributed by atoms with E-state index in [1.54, 1.807) is 0 Å². The summed E-state index contributed by atoms with van der Waals surface area (Å²) in [5, 5.41) is 15.6. The molecule has 2 amide bonds. The van der Waals surface area contributed by atoms with Crippen LogP contribution in [0.25, 0.3) is 0 Å². The lowest BCUT2D eigenvalue weighted by Crippen LogP contribution is -2.41. The molecule has 0 unspecified atom stereocenters. The number of hydrogen-bond donors (Lipinski definition) is 2. The van der Waals surface area contributed by atoms with E-state index in [1.807, 2.05) is 56.7 Å². The Bertz CT molecular complexity index is 942. The topological polar surface area (TPSA) is 88.9 Å². The van der Waals surface area contributed by atoms with Crippen LogP contribution in [0.1, 0.15) is 74.2 Å². The Morgan fingerprint density at radius 1 is 1.22 bits per heavy atom. The van der Waals surface area contributed by atoms with Gasteiger partial charge >= 0.3 is 0 Å². The van der Waals surface area contributed by atoms with Crippen LogP contribution in [0.4, 0.5) is 0 Å². The quantitative estimate of drug-likeness (QED) is 0.584. The molecule has 2 aromatic rings. The minimum absolute atomic E-state index is 0.0338. The van der Waals surface area contributed by atoms with Gasteiger partial charge in [0.25, 0.3) is 5.91 Å². The van der Waals surface area contributed by atoms with Crippen molar-refractivity contribution in [3.63, 3.8) is 0 Å². The molecule has 1 saturated carbocycles. The van der Waals surface area contributed by atoms with E-state index in [0.29, 0.717) is 28.2 Å². The van der Waals surface area contributed by atoms with Crippen LogP contribution in [0, 0.1) is 18.8 Å². The van der Waals surface area contributed by atoms with Crippen molar-refractivity contribution in [1.82, 2.24) is 25.4 Å². The third-order valence-corrected chi connectivity index (χ3v) is 7.19. The number of aryl methyl sites for hydroxylation is 1. The predicted octanol–water partition coefficient (Wildman–Crippen LogP) is 4.04. The molecule has 1 fully saturated rings. The molecule has 32 heavy (non-hydrogen) atoms. The summed E-state index contributed by atoms with van der Waals surface area (Å²) in [6, 6.07) is 7.51. The summed E-state index contributed by atoms with van der Waals surface area (Å²) in [6.45, 7) is 8.26. The second kappa shape index (κ2) is 11.0. The lowest BCUT2D eigenvalue weighted by molar-refractivity contribution is -0.119. The van der Waals surface area contributed by atoms with Gasteiger partial charge in [-0.3, -0.25) is 9.59 Å². The lowest BCUT2D eigenvalue weighted by Gasteiger charge is -2.29. The average Bonchev–Trinajstić information content (AvgIpc) is 3.11. The van der Waals surface area contributed by atoms with E-state index >= 15 is 0 Å². The largest absolute Gasteiger partial charge is 0.352 e. The van der Waals surface area contributed by atoms with E-state index in [0.717, 1.165) is 12.0 Å². The maximum Gasteiger partial charge on any atom is 0.251 e. The fourth-order valence-corrected chi connectivity index (χ4v) is 4.90. The van der Waals surface area contributed by atoms with E-state index in [1.165, 1.54) is 31.0 Å². The number of hydrogen-bond acceptors (Lipinski definition) is 5. The van der Waals surface area contributed by atoms with Crippen LogP contribution in [0.15, 0.2) is 29.4 Å². The van der Waals surface area contributed by atoms with Crippen LogP contribution in [0.2, 0.25) is 0 Å². The third kappa shape index (κ3) is 6.12. The average molecular weight is 458 g/mol. The number of benzene rings is 1. The van der Waals surface area contributed by atoms with Crippen LogP contribution in [0.5, 0.6) is 0 Å². The molecule has 174 valence electrons. The van der Waals surface area contributed by atoms with Crippen molar-refractivity contribution in [2.45, 2.75) is 70.6 Å². The Hall–Kier alpha value is -2.35. The van der Waals surface area contributed by atoms with Gasteiger partial charge in [0.05, 0.1) is 11.8 Å². The van der Waals surface area contributed by atoms with Crippen molar-refractivity contribution in [1.29, 1.82) is 0 Å². The summed E-state index contributed by atoms with van der Waals surface area (Å²) >= 11 is 1.38. The zero-order valence-electron chi connectivity index (χ0n) is 19.7. The summed E-state index contributed by atoms with van der Waals surface area (Å²) in [4.78, 5) is 25.3. The lowest BCUT2D eigenvalue weighted by atomic mass is 9.86. The second-order valence-electron chi connectivity index (χ2n) is 9.19. The molecule has 7 nitrogen and oxygen atoms in total. The highest BCUT2D eigenvalue weighted by atomic mass is 32.2. The number of nitrogens with zero attached hydrogens (tertiary/aromatic N) is 3. The number of carbonyl (C=O) groups excluding carboxylic acids is 2. The van der Waals surface area contributed by atoms with Crippen LogP contribution in [-0.2, 0) is 11.8 Å². The van der Waals surface area contributed by atoms with Gasteiger partial charge in [0.15, 0.2) is 11.0 Å². The zero-order valence-corrected chi connectivity index (χ0v) is 20.5. The summed E-state index contributed by atoms with van der Waals surface area (Å²) in [5.74, 6) is 1.54. The number of thioether (sulfide) groups is 1. The summed E-state index contributed by atoms with van der Waals surface area (Å²) < 4.78 is 1.88. The fraction of sp³-hybridized carbons (Fsp3) is 0.583. The van der Waals surface area contributed by atoms with Crippen LogP contribution >= 0.6 is 11.8 Å². The minimum atomic E-state index is -0.285. The maximum atomic E-state index is 12.8. The Kier molecular flexibility index (Phi) is 8.34. The van der Waals surface area contributed by atoms with Gasteiger partial charge in [-0.15, -0.1) is 10.2 Å². The molecule has 0 aliphatic heterocycles. The summed E-state index contributed by atoms with van der Waals surface area (Å²) in [6.07, 6.45) is 4.67. The number of aromatic nitrogens is 3. The third-order valence-electron chi connectivity index (χ3n) is 6.17. The Labute approximate surface area is 195 Å². The molecule has 0 saturated heterocycles. The highest BCUT2D eigenvalue weighted by Gasteiger charge is 2.26. The summed E-state index contributed by atoms with van der Waals surface area (Å²) in [7, 11) is 1.88. The number of nitrogens with one attached hydrogen (secondary N) is 2. The number of carbonyl (C=O) groups is 2. The van der Waals surface area contributed by atoms with Gasteiger partial charge in [0.2, 0.25) is 5.91 Å². The molecular formula is C24H35N5O2S. The molecule has 0 bridgehead atoms. The highest BCUT2D eigenvalue weighted by Crippen LogP contribution is 2.26. The Morgan fingerprint density at radius 2 is 1.97 bits per heavy atom. The van der Waals surface area contributed by atoms with Gasteiger partial charge in [0, 0.05) is 18.7 Å². The van der Waals surface area contributed by atoms with Gasteiger partial charge in [0.1, 0.15) is 0 Å². The molecule has 3 atom stereocenters. The molecule has 1 heterocycles. The van der Waals surface area contributed by atoms with Crippen molar-refractivity contribution in [3.8, 4) is 0 Å². The SMILES string of the molecule is Cc1cccc(C(=O)N[C@H](c2nnc(SCC(=O)N[C@@H]3CCCC[C@H]3C)n2C)C(C)C)c1. The smallest absolute Gasteiger partial charge is 0.251 e. The monoisotopic (exact) mass is 457 g/mol. The van der Waals surface area contributed by atoms with Gasteiger partial charge in [-0.05, 0) is 43.7 Å². The number of amides is 2. The Morgan fingerprint density at radius 3 is 2.66 bits per heavy atom. The van der Waals surface area contributed by atoms with E-state index in [9.17, 15) is 9.59 Å².